The van der Waals surface area contributed by atoms with Crippen LogP contribution in [0.5, 0.6) is 17.2 Å². The molecule has 3 rings (SSSR count). The summed E-state index contributed by atoms with van der Waals surface area (Å²) < 4.78 is 43.6. The zero-order valence-electron chi connectivity index (χ0n) is 18.9. The standard InChI is InChI=1S/C23H30N2O6S/c1-5-31-20-9-7-19(14-16(20)2)32(27,28)25-12-10-17(11-13-25)23(26)24-18-6-8-21(29-3)22(15-18)30-4/h6-9,14-15,17H,5,10-13H2,1-4H3,(H,24,26). The van der Waals surface area contributed by atoms with E-state index in [1.165, 1.54) is 11.4 Å². The number of sulfonamides is 1. The first-order chi connectivity index (χ1) is 15.3. The number of hydrogen-bond donors (Lipinski definition) is 1. The molecule has 2 aromatic carbocycles. The molecule has 9 heteroatoms. The van der Waals surface area contributed by atoms with Crippen LogP contribution in [0.4, 0.5) is 5.69 Å². The molecule has 0 saturated carbocycles. The number of aryl methyl sites for hydroxylation is 1. The zero-order valence-corrected chi connectivity index (χ0v) is 19.7. The van der Waals surface area contributed by atoms with Crippen molar-refractivity contribution in [2.75, 3.05) is 39.2 Å². The molecule has 32 heavy (non-hydrogen) atoms. The fraction of sp³-hybridized carbons (Fsp3) is 0.435. The number of nitrogens with one attached hydrogen (secondary N) is 1. The Bertz CT molecular complexity index is 1060. The van der Waals surface area contributed by atoms with E-state index in [0.717, 1.165) is 5.56 Å². The number of nitrogens with zero attached hydrogens (tertiary/aromatic N) is 1. The van der Waals surface area contributed by atoms with Gasteiger partial charge in [-0.15, -0.1) is 0 Å². The van der Waals surface area contributed by atoms with Gasteiger partial charge < -0.3 is 19.5 Å². The Morgan fingerprint density at radius 2 is 1.69 bits per heavy atom. The molecular weight excluding hydrogens is 432 g/mol. The number of piperidine rings is 1. The molecule has 0 radical (unpaired) electrons. The first-order valence-corrected chi connectivity index (χ1v) is 12.0. The van der Waals surface area contributed by atoms with E-state index in [1.807, 2.05) is 13.8 Å². The van der Waals surface area contributed by atoms with Gasteiger partial charge in [0, 0.05) is 30.8 Å². The Kier molecular flexibility index (Phi) is 7.63. The number of anilines is 1. The van der Waals surface area contributed by atoms with Gasteiger partial charge in [-0.25, -0.2) is 8.42 Å². The molecule has 174 valence electrons. The Balaban J connectivity index is 1.63. The van der Waals surface area contributed by atoms with Gasteiger partial charge in [0.05, 0.1) is 25.7 Å². The second-order valence-electron chi connectivity index (χ2n) is 7.60. The van der Waals surface area contributed by atoms with E-state index in [4.69, 9.17) is 14.2 Å². The van der Waals surface area contributed by atoms with E-state index in [1.54, 1.807) is 43.5 Å². The summed E-state index contributed by atoms with van der Waals surface area (Å²) in [6.45, 7) is 4.81. The third-order valence-electron chi connectivity index (χ3n) is 5.56. The molecule has 1 aliphatic rings. The lowest BCUT2D eigenvalue weighted by Crippen LogP contribution is -2.41. The van der Waals surface area contributed by atoms with Crippen molar-refractivity contribution in [3.05, 3.63) is 42.0 Å². The second kappa shape index (κ2) is 10.2. The lowest BCUT2D eigenvalue weighted by atomic mass is 9.97. The minimum atomic E-state index is -3.63. The maximum absolute atomic E-state index is 13.1. The van der Waals surface area contributed by atoms with Crippen molar-refractivity contribution in [1.29, 1.82) is 0 Å². The monoisotopic (exact) mass is 462 g/mol. The SMILES string of the molecule is CCOc1ccc(S(=O)(=O)N2CCC(C(=O)Nc3ccc(OC)c(OC)c3)CC2)cc1C. The molecule has 0 aliphatic carbocycles. The van der Waals surface area contributed by atoms with Gasteiger partial charge in [-0.2, -0.15) is 4.31 Å². The largest absolute Gasteiger partial charge is 0.494 e. The number of carbonyl (C=O) groups excluding carboxylic acids is 1. The molecule has 2 aromatic rings. The van der Waals surface area contributed by atoms with E-state index in [9.17, 15) is 13.2 Å². The number of methoxy groups -OCH3 is 2. The van der Waals surface area contributed by atoms with Crippen LogP contribution < -0.4 is 19.5 Å². The van der Waals surface area contributed by atoms with Crippen LogP contribution in [0.1, 0.15) is 25.3 Å². The van der Waals surface area contributed by atoms with Crippen LogP contribution in [-0.2, 0) is 14.8 Å². The van der Waals surface area contributed by atoms with Crippen molar-refractivity contribution >= 4 is 21.6 Å². The van der Waals surface area contributed by atoms with Crippen LogP contribution in [0.3, 0.4) is 0 Å². The topological polar surface area (TPSA) is 94.2 Å². The average Bonchev–Trinajstić information content (AvgIpc) is 2.80. The summed E-state index contributed by atoms with van der Waals surface area (Å²) in [5.74, 6) is 1.38. The summed E-state index contributed by atoms with van der Waals surface area (Å²) in [6.07, 6.45) is 0.905. The molecule has 1 amide bonds. The van der Waals surface area contributed by atoms with Crippen LogP contribution in [0.15, 0.2) is 41.3 Å². The van der Waals surface area contributed by atoms with Gasteiger partial charge in [-0.05, 0) is 62.6 Å². The van der Waals surface area contributed by atoms with E-state index in [0.29, 0.717) is 55.5 Å². The molecule has 0 atom stereocenters. The highest BCUT2D eigenvalue weighted by atomic mass is 32.2. The number of ether oxygens (including phenoxy) is 3. The minimum Gasteiger partial charge on any atom is -0.494 e. The lowest BCUT2D eigenvalue weighted by Gasteiger charge is -2.30. The Labute approximate surface area is 189 Å². The summed E-state index contributed by atoms with van der Waals surface area (Å²) in [5.41, 5.74) is 1.38. The zero-order chi connectivity index (χ0) is 23.3. The average molecular weight is 463 g/mol. The van der Waals surface area contributed by atoms with E-state index in [2.05, 4.69) is 5.32 Å². The molecule has 1 N–H and O–H groups in total. The number of amides is 1. The maximum Gasteiger partial charge on any atom is 0.243 e. The maximum atomic E-state index is 13.1. The highest BCUT2D eigenvalue weighted by molar-refractivity contribution is 7.89. The van der Waals surface area contributed by atoms with Crippen LogP contribution in [0.25, 0.3) is 0 Å². The van der Waals surface area contributed by atoms with E-state index in [-0.39, 0.29) is 16.7 Å². The van der Waals surface area contributed by atoms with Gasteiger partial charge in [0.15, 0.2) is 11.5 Å². The van der Waals surface area contributed by atoms with Gasteiger partial charge >= 0.3 is 0 Å². The molecule has 1 aliphatic heterocycles. The van der Waals surface area contributed by atoms with Gasteiger partial charge in [-0.3, -0.25) is 4.79 Å². The second-order valence-corrected chi connectivity index (χ2v) is 9.54. The fourth-order valence-electron chi connectivity index (χ4n) is 3.77. The molecular formula is C23H30N2O6S. The van der Waals surface area contributed by atoms with Crippen molar-refractivity contribution in [3.63, 3.8) is 0 Å². The molecule has 1 fully saturated rings. The molecule has 1 saturated heterocycles. The quantitative estimate of drug-likeness (QED) is 0.646. The molecule has 0 unspecified atom stereocenters. The molecule has 0 spiro atoms. The van der Waals surface area contributed by atoms with Crippen molar-refractivity contribution in [2.24, 2.45) is 5.92 Å². The highest BCUT2D eigenvalue weighted by Gasteiger charge is 2.32. The number of benzene rings is 2. The van der Waals surface area contributed by atoms with Gasteiger partial charge in [0.25, 0.3) is 0 Å². The summed E-state index contributed by atoms with van der Waals surface area (Å²) >= 11 is 0. The third-order valence-corrected chi connectivity index (χ3v) is 7.45. The molecule has 8 nitrogen and oxygen atoms in total. The Hall–Kier alpha value is -2.78. The van der Waals surface area contributed by atoms with E-state index >= 15 is 0 Å². The highest BCUT2D eigenvalue weighted by Crippen LogP contribution is 2.31. The lowest BCUT2D eigenvalue weighted by molar-refractivity contribution is -0.120. The number of rotatable bonds is 8. The molecule has 0 bridgehead atoms. The summed E-state index contributed by atoms with van der Waals surface area (Å²) in [7, 11) is -0.544. The smallest absolute Gasteiger partial charge is 0.243 e. The summed E-state index contributed by atoms with van der Waals surface area (Å²) in [6, 6.07) is 10.1. The van der Waals surface area contributed by atoms with Crippen LogP contribution in [0, 0.1) is 12.8 Å². The van der Waals surface area contributed by atoms with Gasteiger partial charge in [0.2, 0.25) is 15.9 Å². The summed E-state index contributed by atoms with van der Waals surface area (Å²) in [5, 5.41) is 2.89. The van der Waals surface area contributed by atoms with Crippen molar-refractivity contribution in [3.8, 4) is 17.2 Å². The predicted molar refractivity (Wildman–Crippen MR) is 122 cm³/mol. The first-order valence-electron chi connectivity index (χ1n) is 10.6. The predicted octanol–water partition coefficient (Wildman–Crippen LogP) is 3.45. The van der Waals surface area contributed by atoms with Crippen molar-refractivity contribution in [2.45, 2.75) is 31.6 Å². The van der Waals surface area contributed by atoms with E-state index < -0.39 is 10.0 Å². The summed E-state index contributed by atoms with van der Waals surface area (Å²) in [4.78, 5) is 13.0. The molecule has 0 aromatic heterocycles. The van der Waals surface area contributed by atoms with Crippen LogP contribution >= 0.6 is 0 Å². The Morgan fingerprint density at radius 3 is 2.28 bits per heavy atom. The van der Waals surface area contributed by atoms with Crippen LogP contribution in [-0.4, -0.2) is 52.5 Å². The number of hydrogen-bond acceptors (Lipinski definition) is 6. The van der Waals surface area contributed by atoms with Gasteiger partial charge in [0.1, 0.15) is 5.75 Å². The van der Waals surface area contributed by atoms with Gasteiger partial charge in [-0.1, -0.05) is 0 Å². The van der Waals surface area contributed by atoms with Crippen LogP contribution in [0.2, 0.25) is 0 Å². The molecule has 1 heterocycles. The Morgan fingerprint density at radius 1 is 1.03 bits per heavy atom. The van der Waals surface area contributed by atoms with Crippen molar-refractivity contribution < 1.29 is 27.4 Å². The minimum absolute atomic E-state index is 0.133. The number of carbonyl (C=O) groups is 1. The third kappa shape index (κ3) is 5.16. The fourth-order valence-corrected chi connectivity index (χ4v) is 5.32. The normalized spacial score (nSPS) is 15.2. The van der Waals surface area contributed by atoms with Crippen molar-refractivity contribution in [1.82, 2.24) is 4.31 Å². The first kappa shape index (κ1) is 23.9.